The van der Waals surface area contributed by atoms with Crippen molar-refractivity contribution in [1.29, 1.82) is 0 Å². The first-order chi connectivity index (χ1) is 21.5. The normalized spacial score (nSPS) is 12.7. The maximum Gasteiger partial charge on any atom is -0.109 e. The molecule has 0 fully saturated rings. The fraction of sp³-hybridized carbons (Fsp3) is 0.268. The van der Waals surface area contributed by atoms with Gasteiger partial charge in [-0.05, 0) is 10.8 Å². The summed E-state index contributed by atoms with van der Waals surface area (Å²) in [5, 5.41) is 8.06. The molecule has 1 aliphatic rings. The van der Waals surface area contributed by atoms with Crippen LogP contribution in [-0.4, -0.2) is 3.21 Å². The molecule has 0 amide bonds. The molecule has 5 aromatic carbocycles. The number of allylic oxidation sites excluding steroid dienone is 4. The minimum absolute atomic E-state index is 0.203. The van der Waals surface area contributed by atoms with Gasteiger partial charge in [-0.2, -0.15) is 6.08 Å². The van der Waals surface area contributed by atoms with E-state index >= 15 is 0 Å². The van der Waals surface area contributed by atoms with Gasteiger partial charge in [0.25, 0.3) is 0 Å². The molecule has 46 heavy (non-hydrogen) atoms. The van der Waals surface area contributed by atoms with Gasteiger partial charge in [-0.25, -0.2) is 12.2 Å². The predicted octanol–water partition coefficient (Wildman–Crippen LogP) is 13.6. The van der Waals surface area contributed by atoms with Crippen LogP contribution in [0.15, 0.2) is 85.0 Å². The van der Waals surface area contributed by atoms with Crippen LogP contribution in [0, 0.1) is 19.9 Å². The van der Waals surface area contributed by atoms with Gasteiger partial charge in [0.15, 0.2) is 0 Å². The Morgan fingerprint density at radius 3 is 1.43 bits per heavy atom. The molecule has 0 unspecified atom stereocenters. The van der Waals surface area contributed by atoms with Gasteiger partial charge in [0.1, 0.15) is 0 Å². The number of benzene rings is 4. The smallest absolute Gasteiger partial charge is 0.109 e. The van der Waals surface area contributed by atoms with Gasteiger partial charge in [-0.3, -0.25) is 6.08 Å². The summed E-state index contributed by atoms with van der Waals surface area (Å²) in [6, 6.07) is 23.5. The monoisotopic (exact) mass is 762 g/mol. The van der Waals surface area contributed by atoms with E-state index in [0.717, 1.165) is 31.9 Å². The van der Waals surface area contributed by atoms with Gasteiger partial charge in [-0.15, -0.1) is 46.2 Å². The Morgan fingerprint density at radius 1 is 0.674 bits per heavy atom. The van der Waals surface area contributed by atoms with Gasteiger partial charge >= 0.3 is 154 Å². The van der Waals surface area contributed by atoms with Crippen molar-refractivity contribution < 1.29 is 24.2 Å². The van der Waals surface area contributed by atoms with Crippen molar-refractivity contribution in [3.8, 4) is 0 Å². The number of hydrogen-bond acceptors (Lipinski definition) is 0. The average Bonchev–Trinajstić information content (AvgIpc) is 3.67. The quantitative estimate of drug-likeness (QED) is 0.157. The number of rotatable bonds is 2. The minimum atomic E-state index is 0.203. The van der Waals surface area contributed by atoms with Crippen LogP contribution in [0.2, 0.25) is 20.1 Å². The molecule has 0 N–H and O–H groups in total. The first-order valence-electron chi connectivity index (χ1n) is 15.3. The van der Waals surface area contributed by atoms with Crippen LogP contribution in [-0.2, 0) is 35.1 Å². The molecule has 0 radical (unpaired) electrons. The summed E-state index contributed by atoms with van der Waals surface area (Å²) in [6.45, 7) is 17.6. The molecule has 1 aliphatic carbocycles. The van der Waals surface area contributed by atoms with Crippen LogP contribution in [0.5, 0.6) is 0 Å². The Balaban J connectivity index is 0.000000181. The summed E-state index contributed by atoms with van der Waals surface area (Å²) in [7, 11) is 0. The van der Waals surface area contributed by atoms with Crippen molar-refractivity contribution in [2.24, 2.45) is 0 Å². The summed E-state index contributed by atoms with van der Waals surface area (Å²) in [4.78, 5) is 0. The van der Waals surface area contributed by atoms with Gasteiger partial charge in [0, 0.05) is 0 Å². The summed E-state index contributed by atoms with van der Waals surface area (Å²) in [5.41, 5.74) is 7.33. The number of halogens is 4. The molecule has 5 heteroatoms. The number of fused-ring (bicyclic) bond motifs is 3. The van der Waals surface area contributed by atoms with E-state index in [4.69, 9.17) is 46.4 Å². The van der Waals surface area contributed by atoms with E-state index in [1.54, 1.807) is 12.1 Å². The van der Waals surface area contributed by atoms with E-state index in [1.165, 1.54) is 56.9 Å². The van der Waals surface area contributed by atoms with E-state index in [1.807, 2.05) is 38.1 Å². The second-order valence-corrected chi connectivity index (χ2v) is 16.7. The van der Waals surface area contributed by atoms with Gasteiger partial charge in [-0.1, -0.05) is 76.9 Å². The van der Waals surface area contributed by atoms with Crippen molar-refractivity contribution in [3.05, 3.63) is 145 Å². The molecule has 0 aliphatic heterocycles. The Bertz CT molecular complexity index is 1820. The van der Waals surface area contributed by atoms with Crippen LogP contribution >= 0.6 is 46.4 Å². The van der Waals surface area contributed by atoms with Crippen molar-refractivity contribution in [2.75, 3.05) is 0 Å². The molecule has 0 spiro atoms. The molecular weight excluding hydrogens is 725 g/mol. The van der Waals surface area contributed by atoms with Crippen LogP contribution in [0.3, 0.4) is 0 Å². The topological polar surface area (TPSA) is 0 Å². The molecule has 236 valence electrons. The van der Waals surface area contributed by atoms with E-state index in [-0.39, 0.29) is 10.8 Å². The largest absolute Gasteiger partial charge is 0.273 e. The third kappa shape index (κ3) is 8.98. The first kappa shape index (κ1) is 37.0. The second kappa shape index (κ2) is 15.1. The van der Waals surface area contributed by atoms with Crippen LogP contribution in [0.25, 0.3) is 21.5 Å². The Hall–Kier alpha value is -1.86. The summed E-state index contributed by atoms with van der Waals surface area (Å²) >= 11 is 25.9. The summed E-state index contributed by atoms with van der Waals surface area (Å²) < 4.78 is 1.14. The number of hydrogen-bond donors (Lipinski definition) is 0. The summed E-state index contributed by atoms with van der Waals surface area (Å²) in [6.07, 6.45) is 10.0. The van der Waals surface area contributed by atoms with Crippen LogP contribution in [0.1, 0.15) is 81.3 Å². The molecule has 0 heterocycles. The Kier molecular flexibility index (Phi) is 12.2. The molecule has 0 atom stereocenters. The average molecular weight is 766 g/mol. The fourth-order valence-electron chi connectivity index (χ4n) is 5.25. The van der Waals surface area contributed by atoms with Crippen LogP contribution < -0.4 is 0 Å². The van der Waals surface area contributed by atoms with E-state index < -0.39 is 0 Å². The third-order valence-electron chi connectivity index (χ3n) is 8.18. The SMILES string of the molecule is CC(C)(C)c1ccc2c(c1)[cH-]c1cc(C(C)(C)C)ccc12.Cc1c(Cl)cc(Cl)cc1[C](=[Zr+2])c1cc(Cl)cc(Cl)c1C.[C-]1=CC=CC1. The maximum atomic E-state index is 6.21. The van der Waals surface area contributed by atoms with Gasteiger partial charge < -0.3 is 0 Å². The molecule has 5 aromatic rings. The zero-order valence-electron chi connectivity index (χ0n) is 27.8. The zero-order valence-corrected chi connectivity index (χ0v) is 33.3. The molecule has 0 saturated heterocycles. The summed E-state index contributed by atoms with van der Waals surface area (Å²) in [5.74, 6) is 0. The molecule has 0 bridgehead atoms. The van der Waals surface area contributed by atoms with Crippen molar-refractivity contribution in [2.45, 2.75) is 72.6 Å². The molecule has 6 rings (SSSR count). The van der Waals surface area contributed by atoms with Crippen molar-refractivity contribution in [1.82, 2.24) is 0 Å². The first-order valence-corrected chi connectivity index (χ1v) is 18.1. The molecular formula is C41H40Cl4Zr. The standard InChI is InChI=1S/C21H25.C15H10Cl4.C5H5.Zr/c1-20(2,3)16-7-9-18-14(12-16)11-15-13-17(21(4,5)6)8-10-19(15)18;1-8-10(4-12(16)6-14(8)18)3-11-5-13(17)7-15(19)9(11)2;1-2-4-5-3-1;/h7-13H,1-6H3;4-7H,1-2H3;1-3H,4H2;/q-1;;-1;+2. The third-order valence-corrected chi connectivity index (χ3v) is 10.7. The second-order valence-electron chi connectivity index (χ2n) is 13.7. The van der Waals surface area contributed by atoms with Gasteiger partial charge in [0.05, 0.1) is 0 Å². The molecule has 0 aromatic heterocycles. The zero-order chi connectivity index (χ0) is 34.0. The van der Waals surface area contributed by atoms with Crippen molar-refractivity contribution in [3.63, 3.8) is 0 Å². The Labute approximate surface area is 310 Å². The van der Waals surface area contributed by atoms with Gasteiger partial charge in [0.2, 0.25) is 0 Å². The minimum Gasteiger partial charge on any atom is -0.273 e. The fourth-order valence-corrected chi connectivity index (χ4v) is 7.51. The van der Waals surface area contributed by atoms with E-state index in [2.05, 4.69) is 96.2 Å². The van der Waals surface area contributed by atoms with E-state index in [9.17, 15) is 0 Å². The van der Waals surface area contributed by atoms with E-state index in [0.29, 0.717) is 20.1 Å². The molecule has 0 nitrogen and oxygen atoms in total. The predicted molar refractivity (Wildman–Crippen MR) is 202 cm³/mol. The maximum absolute atomic E-state index is 6.21. The van der Waals surface area contributed by atoms with Crippen LogP contribution in [0.4, 0.5) is 0 Å². The molecule has 0 saturated carbocycles. The van der Waals surface area contributed by atoms with Crippen molar-refractivity contribution >= 4 is 71.2 Å². The Morgan fingerprint density at radius 2 is 1.11 bits per heavy atom.